The molecule has 0 radical (unpaired) electrons. The van der Waals surface area contributed by atoms with E-state index in [0.717, 1.165) is 24.0 Å². The highest BCUT2D eigenvalue weighted by molar-refractivity contribution is 7.13. The zero-order valence-electron chi connectivity index (χ0n) is 8.08. The van der Waals surface area contributed by atoms with E-state index in [2.05, 4.69) is 10.3 Å². The summed E-state index contributed by atoms with van der Waals surface area (Å²) in [5.41, 5.74) is 0. The van der Waals surface area contributed by atoms with Crippen molar-refractivity contribution in [3.05, 3.63) is 11.6 Å². The van der Waals surface area contributed by atoms with E-state index in [1.807, 2.05) is 11.6 Å². The van der Waals surface area contributed by atoms with Gasteiger partial charge in [0.1, 0.15) is 0 Å². The van der Waals surface area contributed by atoms with Crippen LogP contribution in [-0.2, 0) is 0 Å². The fraction of sp³-hybridized carbons (Fsp3) is 0.700. The van der Waals surface area contributed by atoms with Gasteiger partial charge in [0.15, 0.2) is 5.13 Å². The summed E-state index contributed by atoms with van der Waals surface area (Å²) in [5, 5.41) is 6.78. The second-order valence-electron chi connectivity index (χ2n) is 3.85. The number of nitrogens with one attached hydrogen (secondary N) is 1. The maximum absolute atomic E-state index is 6.13. The molecule has 1 saturated carbocycles. The first kappa shape index (κ1) is 10.2. The van der Waals surface area contributed by atoms with E-state index in [4.69, 9.17) is 11.6 Å². The third kappa shape index (κ3) is 2.85. The molecule has 0 spiro atoms. The van der Waals surface area contributed by atoms with Gasteiger partial charge in [0, 0.05) is 23.5 Å². The molecule has 0 aromatic carbocycles. The van der Waals surface area contributed by atoms with E-state index < -0.39 is 0 Å². The van der Waals surface area contributed by atoms with E-state index in [9.17, 15) is 0 Å². The third-order valence-electron chi connectivity index (χ3n) is 2.69. The summed E-state index contributed by atoms with van der Waals surface area (Å²) in [6.07, 6.45) is 6.76. The summed E-state index contributed by atoms with van der Waals surface area (Å²) < 4.78 is 0. The molecule has 0 saturated heterocycles. The Bertz CT molecular complexity index is 263. The second kappa shape index (κ2) is 4.99. The smallest absolute Gasteiger partial charge is 0.182 e. The lowest BCUT2D eigenvalue weighted by Crippen LogP contribution is -2.22. The van der Waals surface area contributed by atoms with Crippen molar-refractivity contribution in [2.45, 2.75) is 31.1 Å². The van der Waals surface area contributed by atoms with E-state index in [1.165, 1.54) is 19.3 Å². The predicted molar refractivity (Wildman–Crippen MR) is 62.2 cm³/mol. The molecule has 2 nitrogen and oxygen atoms in total. The molecule has 1 aliphatic rings. The Morgan fingerprint density at radius 1 is 1.57 bits per heavy atom. The lowest BCUT2D eigenvalue weighted by molar-refractivity contribution is 0.378. The van der Waals surface area contributed by atoms with Crippen LogP contribution in [0, 0.1) is 5.92 Å². The van der Waals surface area contributed by atoms with Gasteiger partial charge >= 0.3 is 0 Å². The molecular formula is C10H15ClN2S. The first-order valence-corrected chi connectivity index (χ1v) is 6.43. The van der Waals surface area contributed by atoms with Crippen molar-refractivity contribution in [1.82, 2.24) is 4.98 Å². The number of hydrogen-bond acceptors (Lipinski definition) is 3. The highest BCUT2D eigenvalue weighted by Gasteiger charge is 2.19. The number of hydrogen-bond donors (Lipinski definition) is 1. The standard InChI is InChI=1S/C10H15ClN2S/c11-9-3-1-2-8(6-9)7-13-10-12-4-5-14-10/h4-5,8-9H,1-3,6-7H2,(H,12,13). The minimum atomic E-state index is 0.395. The van der Waals surface area contributed by atoms with Crippen LogP contribution in [0.25, 0.3) is 0 Å². The summed E-state index contributed by atoms with van der Waals surface area (Å²) in [6.45, 7) is 1.02. The number of nitrogens with zero attached hydrogens (tertiary/aromatic N) is 1. The van der Waals surface area contributed by atoms with Gasteiger partial charge in [-0.1, -0.05) is 6.42 Å². The van der Waals surface area contributed by atoms with Crippen molar-refractivity contribution in [1.29, 1.82) is 0 Å². The molecule has 2 unspecified atom stereocenters. The van der Waals surface area contributed by atoms with E-state index in [0.29, 0.717) is 5.38 Å². The molecule has 1 N–H and O–H groups in total. The largest absolute Gasteiger partial charge is 0.361 e. The van der Waals surface area contributed by atoms with Crippen LogP contribution in [0.5, 0.6) is 0 Å². The van der Waals surface area contributed by atoms with Crippen molar-refractivity contribution in [2.24, 2.45) is 5.92 Å². The Balaban J connectivity index is 1.75. The summed E-state index contributed by atoms with van der Waals surface area (Å²) in [5.74, 6) is 0.732. The Hall–Kier alpha value is -0.280. The normalized spacial score (nSPS) is 27.5. The molecule has 0 aliphatic heterocycles. The van der Waals surface area contributed by atoms with E-state index >= 15 is 0 Å². The Morgan fingerprint density at radius 3 is 3.21 bits per heavy atom. The van der Waals surface area contributed by atoms with Crippen molar-refractivity contribution in [2.75, 3.05) is 11.9 Å². The van der Waals surface area contributed by atoms with Gasteiger partial charge in [0.2, 0.25) is 0 Å². The van der Waals surface area contributed by atoms with Gasteiger partial charge in [-0.2, -0.15) is 0 Å². The summed E-state index contributed by atoms with van der Waals surface area (Å²) >= 11 is 7.79. The van der Waals surface area contributed by atoms with Crippen molar-refractivity contribution < 1.29 is 0 Å². The zero-order chi connectivity index (χ0) is 9.80. The molecule has 0 amide bonds. The van der Waals surface area contributed by atoms with Crippen LogP contribution in [0.3, 0.4) is 0 Å². The molecule has 1 aromatic heterocycles. The zero-order valence-corrected chi connectivity index (χ0v) is 9.65. The predicted octanol–water partition coefficient (Wildman–Crippen LogP) is 3.35. The van der Waals surface area contributed by atoms with Gasteiger partial charge in [-0.3, -0.25) is 0 Å². The van der Waals surface area contributed by atoms with Crippen LogP contribution in [0.4, 0.5) is 5.13 Å². The number of thiazole rings is 1. The number of rotatable bonds is 3. The molecule has 1 aromatic rings. The first-order valence-electron chi connectivity index (χ1n) is 5.12. The van der Waals surface area contributed by atoms with Gasteiger partial charge in [0.25, 0.3) is 0 Å². The molecule has 2 atom stereocenters. The lowest BCUT2D eigenvalue weighted by atomic mass is 9.89. The fourth-order valence-electron chi connectivity index (χ4n) is 1.95. The van der Waals surface area contributed by atoms with Gasteiger partial charge in [0.05, 0.1) is 0 Å². The van der Waals surface area contributed by atoms with Gasteiger partial charge < -0.3 is 5.32 Å². The highest BCUT2D eigenvalue weighted by atomic mass is 35.5. The Labute approximate surface area is 93.7 Å². The average molecular weight is 231 g/mol. The lowest BCUT2D eigenvalue weighted by Gasteiger charge is -2.25. The molecule has 1 aliphatic carbocycles. The molecular weight excluding hydrogens is 216 g/mol. The SMILES string of the molecule is ClC1CCCC(CNc2nccs2)C1. The van der Waals surface area contributed by atoms with Crippen LogP contribution in [0.2, 0.25) is 0 Å². The van der Waals surface area contributed by atoms with Crippen LogP contribution in [0.1, 0.15) is 25.7 Å². The maximum Gasteiger partial charge on any atom is 0.182 e. The van der Waals surface area contributed by atoms with Crippen molar-refractivity contribution in [3.8, 4) is 0 Å². The van der Waals surface area contributed by atoms with Crippen LogP contribution in [-0.4, -0.2) is 16.9 Å². The minimum Gasteiger partial charge on any atom is -0.361 e. The molecule has 78 valence electrons. The molecule has 0 bridgehead atoms. The van der Waals surface area contributed by atoms with Crippen molar-refractivity contribution in [3.63, 3.8) is 0 Å². The number of aromatic nitrogens is 1. The first-order chi connectivity index (χ1) is 6.84. The van der Waals surface area contributed by atoms with Gasteiger partial charge in [-0.05, 0) is 25.2 Å². The monoisotopic (exact) mass is 230 g/mol. The summed E-state index contributed by atoms with van der Waals surface area (Å²) in [4.78, 5) is 4.19. The summed E-state index contributed by atoms with van der Waals surface area (Å²) in [6, 6.07) is 0. The number of alkyl halides is 1. The van der Waals surface area contributed by atoms with Crippen LogP contribution >= 0.6 is 22.9 Å². The molecule has 2 rings (SSSR count). The molecule has 1 heterocycles. The summed E-state index contributed by atoms with van der Waals surface area (Å²) in [7, 11) is 0. The second-order valence-corrected chi connectivity index (χ2v) is 5.36. The van der Waals surface area contributed by atoms with Crippen molar-refractivity contribution >= 4 is 28.1 Å². The van der Waals surface area contributed by atoms with Crippen LogP contribution in [0.15, 0.2) is 11.6 Å². The quantitative estimate of drug-likeness (QED) is 0.806. The van der Waals surface area contributed by atoms with Gasteiger partial charge in [-0.25, -0.2) is 4.98 Å². The highest BCUT2D eigenvalue weighted by Crippen LogP contribution is 2.28. The number of halogens is 1. The molecule has 1 fully saturated rings. The third-order valence-corrected chi connectivity index (χ3v) is 3.82. The van der Waals surface area contributed by atoms with E-state index in [1.54, 1.807) is 11.3 Å². The molecule has 14 heavy (non-hydrogen) atoms. The fourth-order valence-corrected chi connectivity index (χ4v) is 2.90. The average Bonchev–Trinajstić information content (AvgIpc) is 2.67. The Morgan fingerprint density at radius 2 is 2.50 bits per heavy atom. The van der Waals surface area contributed by atoms with Gasteiger partial charge in [-0.15, -0.1) is 22.9 Å². The Kier molecular flexibility index (Phi) is 3.65. The minimum absolute atomic E-state index is 0.395. The topological polar surface area (TPSA) is 24.9 Å². The van der Waals surface area contributed by atoms with Crippen LogP contribution < -0.4 is 5.32 Å². The van der Waals surface area contributed by atoms with E-state index in [-0.39, 0.29) is 0 Å². The maximum atomic E-state index is 6.13. The molecule has 4 heteroatoms. The number of anilines is 1.